The minimum absolute atomic E-state index is 0.0255. The summed E-state index contributed by atoms with van der Waals surface area (Å²) in [5.74, 6) is -0.0255. The Kier molecular flexibility index (Phi) is 3.31. The quantitative estimate of drug-likeness (QED) is 0.899. The number of aromatic nitrogens is 1. The van der Waals surface area contributed by atoms with Crippen LogP contribution in [0.5, 0.6) is 0 Å². The number of carbonyl (C=O) groups is 1. The van der Waals surface area contributed by atoms with Crippen LogP contribution in [0.1, 0.15) is 32.1 Å². The van der Waals surface area contributed by atoms with Crippen molar-refractivity contribution in [2.45, 2.75) is 26.6 Å². The molecule has 0 radical (unpaired) electrons. The van der Waals surface area contributed by atoms with Crippen LogP contribution in [0.4, 0.5) is 0 Å². The average Bonchev–Trinajstić information content (AvgIpc) is 3.03. The van der Waals surface area contributed by atoms with Gasteiger partial charge in [-0.15, -0.1) is 11.3 Å². The van der Waals surface area contributed by atoms with Gasteiger partial charge in [0.2, 0.25) is 0 Å². The van der Waals surface area contributed by atoms with E-state index in [1.165, 1.54) is 11.1 Å². The molecule has 2 N–H and O–H groups in total. The van der Waals surface area contributed by atoms with Gasteiger partial charge in [-0.05, 0) is 30.2 Å². The summed E-state index contributed by atoms with van der Waals surface area (Å²) in [4.78, 5) is 17.4. The molecule has 0 saturated heterocycles. The number of hydrogen-bond acceptors (Lipinski definition) is 4. The molecule has 1 aromatic carbocycles. The fraction of sp³-hybridized carbons (Fsp3) is 0.286. The fourth-order valence-electron chi connectivity index (χ4n) is 2.19. The molecule has 5 heteroatoms. The predicted molar refractivity (Wildman–Crippen MR) is 75.0 cm³/mol. The largest absolute Gasteiger partial charge is 0.347 e. The van der Waals surface area contributed by atoms with Crippen molar-refractivity contribution in [1.82, 2.24) is 15.6 Å². The summed E-state index contributed by atoms with van der Waals surface area (Å²) < 4.78 is 0. The van der Waals surface area contributed by atoms with Gasteiger partial charge < -0.3 is 10.6 Å². The number of carbonyl (C=O) groups excluding carboxylic acids is 1. The highest BCUT2D eigenvalue weighted by molar-refractivity contribution is 7.09. The van der Waals surface area contributed by atoms with Gasteiger partial charge in [0.25, 0.3) is 5.91 Å². The zero-order valence-corrected chi connectivity index (χ0v) is 11.5. The van der Waals surface area contributed by atoms with Crippen molar-refractivity contribution in [1.29, 1.82) is 0 Å². The Balaban J connectivity index is 1.69. The first-order valence-corrected chi connectivity index (χ1v) is 7.11. The van der Waals surface area contributed by atoms with Gasteiger partial charge in [0, 0.05) is 23.5 Å². The molecule has 2 heterocycles. The van der Waals surface area contributed by atoms with Crippen molar-refractivity contribution in [3.8, 4) is 0 Å². The molecule has 0 aliphatic carbocycles. The van der Waals surface area contributed by atoms with Gasteiger partial charge in [-0.3, -0.25) is 4.79 Å². The van der Waals surface area contributed by atoms with Crippen LogP contribution < -0.4 is 10.6 Å². The van der Waals surface area contributed by atoms with Gasteiger partial charge >= 0.3 is 0 Å². The molecule has 0 bridgehead atoms. The van der Waals surface area contributed by atoms with Gasteiger partial charge in [-0.1, -0.05) is 6.07 Å². The van der Waals surface area contributed by atoms with E-state index in [2.05, 4.69) is 15.6 Å². The van der Waals surface area contributed by atoms with Gasteiger partial charge in [0.1, 0.15) is 0 Å². The maximum absolute atomic E-state index is 12.1. The van der Waals surface area contributed by atoms with E-state index in [-0.39, 0.29) is 5.91 Å². The van der Waals surface area contributed by atoms with Crippen LogP contribution in [0, 0.1) is 6.92 Å². The molecule has 1 aliphatic heterocycles. The fourth-order valence-corrected chi connectivity index (χ4v) is 2.91. The Morgan fingerprint density at radius 3 is 3.05 bits per heavy atom. The summed E-state index contributed by atoms with van der Waals surface area (Å²) in [6.07, 6.45) is 0. The normalized spacial score (nSPS) is 13.3. The highest BCUT2D eigenvalue weighted by Gasteiger charge is 2.13. The van der Waals surface area contributed by atoms with Crippen molar-refractivity contribution < 1.29 is 4.79 Å². The lowest BCUT2D eigenvalue weighted by Crippen LogP contribution is -2.22. The van der Waals surface area contributed by atoms with E-state index in [0.717, 1.165) is 29.2 Å². The third kappa shape index (κ3) is 2.52. The summed E-state index contributed by atoms with van der Waals surface area (Å²) in [5, 5.41) is 6.22. The van der Waals surface area contributed by atoms with Crippen molar-refractivity contribution in [3.63, 3.8) is 0 Å². The highest BCUT2D eigenvalue weighted by Crippen LogP contribution is 2.17. The number of nitrogens with zero attached hydrogens (tertiary/aromatic N) is 1. The van der Waals surface area contributed by atoms with Gasteiger partial charge in [0.15, 0.2) is 0 Å². The second kappa shape index (κ2) is 5.11. The third-order valence-corrected chi connectivity index (χ3v) is 4.29. The topological polar surface area (TPSA) is 54.0 Å². The van der Waals surface area contributed by atoms with E-state index >= 15 is 0 Å². The second-order valence-electron chi connectivity index (χ2n) is 4.63. The highest BCUT2D eigenvalue weighted by atomic mass is 32.1. The van der Waals surface area contributed by atoms with E-state index in [4.69, 9.17) is 0 Å². The summed E-state index contributed by atoms with van der Waals surface area (Å²) >= 11 is 1.57. The Morgan fingerprint density at radius 2 is 2.26 bits per heavy atom. The van der Waals surface area contributed by atoms with Crippen molar-refractivity contribution in [3.05, 3.63) is 51.0 Å². The van der Waals surface area contributed by atoms with E-state index < -0.39 is 0 Å². The molecule has 1 amide bonds. The van der Waals surface area contributed by atoms with Crippen LogP contribution in [-0.2, 0) is 19.6 Å². The summed E-state index contributed by atoms with van der Waals surface area (Å²) in [7, 11) is 0. The second-order valence-corrected chi connectivity index (χ2v) is 5.57. The number of amides is 1. The molecular weight excluding hydrogens is 258 g/mol. The molecular formula is C14H15N3OS. The number of nitrogens with one attached hydrogen (secondary N) is 2. The molecule has 3 rings (SSSR count). The molecule has 0 unspecified atom stereocenters. The van der Waals surface area contributed by atoms with Crippen LogP contribution in [-0.4, -0.2) is 10.9 Å². The molecule has 0 spiro atoms. The molecule has 1 aliphatic rings. The molecule has 2 aromatic rings. The van der Waals surface area contributed by atoms with Crippen LogP contribution in [0.25, 0.3) is 0 Å². The number of thiazole rings is 1. The Bertz CT molecular complexity index is 621. The van der Waals surface area contributed by atoms with E-state index in [1.807, 2.05) is 25.1 Å². The van der Waals surface area contributed by atoms with Gasteiger partial charge in [-0.2, -0.15) is 0 Å². The SMILES string of the molecule is Cc1ncsc1CNC(=O)c1ccc2c(c1)CNC2. The number of aryl methyl sites for hydroxylation is 1. The van der Waals surface area contributed by atoms with Crippen LogP contribution in [0.3, 0.4) is 0 Å². The lowest BCUT2D eigenvalue weighted by atomic mass is 10.1. The van der Waals surface area contributed by atoms with Gasteiger partial charge in [-0.25, -0.2) is 4.98 Å². The molecule has 0 atom stereocenters. The first kappa shape index (κ1) is 12.3. The van der Waals surface area contributed by atoms with Gasteiger partial charge in [0.05, 0.1) is 17.7 Å². The molecule has 0 saturated carbocycles. The van der Waals surface area contributed by atoms with Crippen molar-refractivity contribution in [2.24, 2.45) is 0 Å². The minimum Gasteiger partial charge on any atom is -0.347 e. The maximum atomic E-state index is 12.1. The van der Waals surface area contributed by atoms with E-state index in [0.29, 0.717) is 6.54 Å². The third-order valence-electron chi connectivity index (χ3n) is 3.35. The zero-order chi connectivity index (χ0) is 13.2. The van der Waals surface area contributed by atoms with Crippen molar-refractivity contribution in [2.75, 3.05) is 0 Å². The Hall–Kier alpha value is -1.72. The predicted octanol–water partition coefficient (Wildman–Crippen LogP) is 1.98. The molecule has 4 nitrogen and oxygen atoms in total. The molecule has 19 heavy (non-hydrogen) atoms. The number of benzene rings is 1. The van der Waals surface area contributed by atoms with Crippen LogP contribution in [0.2, 0.25) is 0 Å². The summed E-state index contributed by atoms with van der Waals surface area (Å²) in [6, 6.07) is 5.90. The first-order valence-electron chi connectivity index (χ1n) is 6.24. The average molecular weight is 273 g/mol. The summed E-state index contributed by atoms with van der Waals surface area (Å²) in [5.41, 5.74) is 6.03. The Labute approximate surface area is 115 Å². The molecule has 1 aromatic heterocycles. The molecule has 0 fully saturated rings. The van der Waals surface area contributed by atoms with Crippen LogP contribution >= 0.6 is 11.3 Å². The molecule has 98 valence electrons. The van der Waals surface area contributed by atoms with E-state index in [1.54, 1.807) is 16.8 Å². The maximum Gasteiger partial charge on any atom is 0.251 e. The number of rotatable bonds is 3. The number of fused-ring (bicyclic) bond motifs is 1. The Morgan fingerprint density at radius 1 is 1.42 bits per heavy atom. The monoisotopic (exact) mass is 273 g/mol. The van der Waals surface area contributed by atoms with Crippen molar-refractivity contribution >= 4 is 17.2 Å². The smallest absolute Gasteiger partial charge is 0.251 e. The minimum atomic E-state index is -0.0255. The standard InChI is InChI=1S/C14H15N3OS/c1-9-13(19-8-17-9)7-16-14(18)10-2-3-11-5-15-6-12(11)4-10/h2-4,8,15H,5-7H2,1H3,(H,16,18). The zero-order valence-electron chi connectivity index (χ0n) is 10.7. The van der Waals surface area contributed by atoms with Crippen LogP contribution in [0.15, 0.2) is 23.7 Å². The first-order chi connectivity index (χ1) is 9.24. The summed E-state index contributed by atoms with van der Waals surface area (Å²) in [6.45, 7) is 4.26. The lowest BCUT2D eigenvalue weighted by molar-refractivity contribution is 0.0951. The number of hydrogen-bond donors (Lipinski definition) is 2. The van der Waals surface area contributed by atoms with E-state index in [9.17, 15) is 4.79 Å². The lowest BCUT2D eigenvalue weighted by Gasteiger charge is -2.06.